The first-order valence-electron chi connectivity index (χ1n) is 9.74. The van der Waals surface area contributed by atoms with Crippen LogP contribution in [0.5, 0.6) is 0 Å². The van der Waals surface area contributed by atoms with Crippen molar-refractivity contribution in [3.8, 4) is 0 Å². The monoisotopic (exact) mass is 399 g/mol. The second-order valence-electron chi connectivity index (χ2n) is 7.37. The number of likely N-dealkylation sites (tertiary alicyclic amines) is 1. The largest absolute Gasteiger partial charge is 0.294 e. The Balaban J connectivity index is 1.62. The standard InChI is InChI=1S/C22H23ClFN3O/c23-19-7-3-2-6-18(19)21-14-20(16-8-10-17(24)11-9-16)25-27(21)22(28)15-26-12-4-1-5-13-26/h2-3,6-11,21H,1,4-5,12-15H2. The van der Waals surface area contributed by atoms with E-state index in [0.29, 0.717) is 18.0 Å². The van der Waals surface area contributed by atoms with Crippen molar-refractivity contribution in [2.24, 2.45) is 5.10 Å². The molecule has 28 heavy (non-hydrogen) atoms. The number of nitrogens with zero attached hydrogens (tertiary/aromatic N) is 3. The third-order valence-electron chi connectivity index (χ3n) is 5.42. The van der Waals surface area contributed by atoms with E-state index in [1.54, 1.807) is 17.1 Å². The highest BCUT2D eigenvalue weighted by atomic mass is 35.5. The third-order valence-corrected chi connectivity index (χ3v) is 5.76. The highest BCUT2D eigenvalue weighted by molar-refractivity contribution is 6.31. The van der Waals surface area contributed by atoms with E-state index >= 15 is 0 Å². The first-order chi connectivity index (χ1) is 13.6. The summed E-state index contributed by atoms with van der Waals surface area (Å²) in [5.74, 6) is -0.313. The van der Waals surface area contributed by atoms with Crippen LogP contribution in [0.1, 0.15) is 42.9 Å². The molecule has 2 aromatic rings. The molecule has 6 heteroatoms. The van der Waals surface area contributed by atoms with Gasteiger partial charge in [0.25, 0.3) is 5.91 Å². The van der Waals surface area contributed by atoms with Crippen molar-refractivity contribution in [1.29, 1.82) is 0 Å². The Morgan fingerprint density at radius 1 is 1.07 bits per heavy atom. The Bertz CT molecular complexity index is 878. The fourth-order valence-corrected chi connectivity index (χ4v) is 4.19. The van der Waals surface area contributed by atoms with Crippen LogP contribution in [-0.4, -0.2) is 41.2 Å². The molecule has 1 unspecified atom stereocenters. The van der Waals surface area contributed by atoms with Crippen LogP contribution in [0.4, 0.5) is 4.39 Å². The average molecular weight is 400 g/mol. The van der Waals surface area contributed by atoms with Crippen LogP contribution in [0.3, 0.4) is 0 Å². The maximum atomic E-state index is 13.3. The molecule has 0 N–H and O–H groups in total. The van der Waals surface area contributed by atoms with Gasteiger partial charge in [0.15, 0.2) is 0 Å². The molecule has 1 amide bonds. The lowest BCUT2D eigenvalue weighted by Crippen LogP contribution is -2.40. The van der Waals surface area contributed by atoms with Crippen LogP contribution in [0.25, 0.3) is 0 Å². The lowest BCUT2D eigenvalue weighted by molar-refractivity contribution is -0.134. The van der Waals surface area contributed by atoms with Gasteiger partial charge in [0.1, 0.15) is 5.82 Å². The predicted octanol–water partition coefficient (Wildman–Crippen LogP) is 4.64. The highest BCUT2D eigenvalue weighted by Gasteiger charge is 2.34. The minimum atomic E-state index is -0.289. The zero-order chi connectivity index (χ0) is 19.5. The van der Waals surface area contributed by atoms with Gasteiger partial charge in [-0.2, -0.15) is 5.10 Å². The Kier molecular flexibility index (Phi) is 5.74. The summed E-state index contributed by atoms with van der Waals surface area (Å²) in [4.78, 5) is 15.3. The number of hydrogen-bond donors (Lipinski definition) is 0. The summed E-state index contributed by atoms with van der Waals surface area (Å²) in [6.45, 7) is 2.26. The number of benzene rings is 2. The van der Waals surface area contributed by atoms with E-state index in [9.17, 15) is 9.18 Å². The zero-order valence-electron chi connectivity index (χ0n) is 15.7. The molecule has 4 nitrogen and oxygen atoms in total. The van der Waals surface area contributed by atoms with Gasteiger partial charge < -0.3 is 0 Å². The van der Waals surface area contributed by atoms with Crippen LogP contribution in [0.15, 0.2) is 53.6 Å². The molecule has 0 saturated carbocycles. The summed E-state index contributed by atoms with van der Waals surface area (Å²) in [6, 6.07) is 13.6. The first-order valence-corrected chi connectivity index (χ1v) is 10.1. The van der Waals surface area contributed by atoms with Crippen molar-refractivity contribution in [3.05, 3.63) is 70.5 Å². The van der Waals surface area contributed by atoms with Gasteiger partial charge in [-0.1, -0.05) is 48.4 Å². The quantitative estimate of drug-likeness (QED) is 0.750. The van der Waals surface area contributed by atoms with Crippen LogP contribution < -0.4 is 0 Å². The second kappa shape index (κ2) is 8.41. The van der Waals surface area contributed by atoms with Crippen LogP contribution in [0, 0.1) is 5.82 Å². The first kappa shape index (κ1) is 19.1. The zero-order valence-corrected chi connectivity index (χ0v) is 16.4. The van der Waals surface area contributed by atoms with Gasteiger partial charge in [0.2, 0.25) is 0 Å². The van der Waals surface area contributed by atoms with Gasteiger partial charge in [-0.25, -0.2) is 9.40 Å². The maximum Gasteiger partial charge on any atom is 0.257 e. The van der Waals surface area contributed by atoms with Gasteiger partial charge in [-0.05, 0) is 55.3 Å². The molecule has 0 bridgehead atoms. The van der Waals surface area contributed by atoms with Gasteiger partial charge in [-0.3, -0.25) is 9.69 Å². The molecule has 4 rings (SSSR count). The molecule has 146 valence electrons. The van der Waals surface area contributed by atoms with Gasteiger partial charge >= 0.3 is 0 Å². The van der Waals surface area contributed by atoms with E-state index in [0.717, 1.165) is 42.8 Å². The molecule has 2 aliphatic rings. The molecule has 1 atom stereocenters. The molecule has 2 aliphatic heterocycles. The van der Waals surface area contributed by atoms with Crippen molar-refractivity contribution >= 4 is 23.2 Å². The van der Waals surface area contributed by atoms with Gasteiger partial charge in [0, 0.05) is 11.4 Å². The molecular formula is C22H23ClFN3O. The normalized spacial score (nSPS) is 20.3. The van der Waals surface area contributed by atoms with Crippen molar-refractivity contribution in [2.45, 2.75) is 31.7 Å². The summed E-state index contributed by atoms with van der Waals surface area (Å²) in [6.07, 6.45) is 4.04. The highest BCUT2D eigenvalue weighted by Crippen LogP contribution is 2.36. The molecule has 1 fully saturated rings. The number of halogens is 2. The lowest BCUT2D eigenvalue weighted by Gasteiger charge is -2.29. The van der Waals surface area contributed by atoms with Crippen molar-refractivity contribution in [3.63, 3.8) is 0 Å². The van der Waals surface area contributed by atoms with E-state index in [1.165, 1.54) is 18.6 Å². The fraction of sp³-hybridized carbons (Fsp3) is 0.364. The molecular weight excluding hydrogens is 377 g/mol. The van der Waals surface area contributed by atoms with Gasteiger partial charge in [0.05, 0.1) is 18.3 Å². The minimum absolute atomic E-state index is 0.0241. The number of amides is 1. The van der Waals surface area contributed by atoms with Crippen LogP contribution >= 0.6 is 11.6 Å². The van der Waals surface area contributed by atoms with Crippen LogP contribution in [0.2, 0.25) is 5.02 Å². The summed E-state index contributed by atoms with van der Waals surface area (Å²) in [5.41, 5.74) is 2.49. The lowest BCUT2D eigenvalue weighted by atomic mass is 9.98. The minimum Gasteiger partial charge on any atom is -0.294 e. The number of piperidine rings is 1. The van der Waals surface area contributed by atoms with Crippen molar-refractivity contribution in [1.82, 2.24) is 9.91 Å². The fourth-order valence-electron chi connectivity index (χ4n) is 3.93. The number of rotatable bonds is 4. The van der Waals surface area contributed by atoms with Gasteiger partial charge in [-0.15, -0.1) is 0 Å². The van der Waals surface area contributed by atoms with E-state index in [2.05, 4.69) is 10.0 Å². The number of hydrazone groups is 1. The summed E-state index contributed by atoms with van der Waals surface area (Å²) in [5, 5.41) is 6.85. The Morgan fingerprint density at radius 2 is 1.79 bits per heavy atom. The Morgan fingerprint density at radius 3 is 2.50 bits per heavy atom. The summed E-state index contributed by atoms with van der Waals surface area (Å²) >= 11 is 6.43. The van der Waals surface area contributed by atoms with Crippen molar-refractivity contribution in [2.75, 3.05) is 19.6 Å². The Hall–Kier alpha value is -2.24. The number of carbonyl (C=O) groups excluding carboxylic acids is 1. The average Bonchev–Trinajstić information content (AvgIpc) is 3.15. The van der Waals surface area contributed by atoms with E-state index in [1.807, 2.05) is 24.3 Å². The summed E-state index contributed by atoms with van der Waals surface area (Å²) in [7, 11) is 0. The summed E-state index contributed by atoms with van der Waals surface area (Å²) < 4.78 is 13.3. The smallest absolute Gasteiger partial charge is 0.257 e. The topological polar surface area (TPSA) is 35.9 Å². The Labute approximate surface area is 169 Å². The predicted molar refractivity (Wildman–Crippen MR) is 109 cm³/mol. The molecule has 0 aliphatic carbocycles. The second-order valence-corrected chi connectivity index (χ2v) is 7.78. The molecule has 0 spiro atoms. The molecule has 2 aromatic carbocycles. The molecule has 0 radical (unpaired) electrons. The van der Waals surface area contributed by atoms with Crippen molar-refractivity contribution < 1.29 is 9.18 Å². The SMILES string of the molecule is O=C(CN1CCCCC1)N1N=C(c2ccc(F)cc2)CC1c1ccccc1Cl. The molecule has 2 heterocycles. The molecule has 0 aromatic heterocycles. The molecule has 1 saturated heterocycles. The number of hydrogen-bond acceptors (Lipinski definition) is 3. The maximum absolute atomic E-state index is 13.3. The number of carbonyl (C=O) groups is 1. The van der Waals surface area contributed by atoms with E-state index in [-0.39, 0.29) is 17.8 Å². The van der Waals surface area contributed by atoms with E-state index < -0.39 is 0 Å². The van der Waals surface area contributed by atoms with E-state index in [4.69, 9.17) is 11.6 Å². The third kappa shape index (κ3) is 4.10. The van der Waals surface area contributed by atoms with Crippen LogP contribution in [-0.2, 0) is 4.79 Å².